The monoisotopic (exact) mass is 319 g/mol. The Kier molecular flexibility index (Phi) is 6.82. The van der Waals surface area contributed by atoms with E-state index < -0.39 is 17.2 Å². The Morgan fingerprint density at radius 1 is 1.22 bits per heavy atom. The number of ether oxygens (including phenoxy) is 2. The molecule has 1 amide bonds. The van der Waals surface area contributed by atoms with Gasteiger partial charge < -0.3 is 14.8 Å². The van der Waals surface area contributed by atoms with Crippen molar-refractivity contribution in [1.82, 2.24) is 5.32 Å². The van der Waals surface area contributed by atoms with E-state index >= 15 is 0 Å². The SMILES string of the molecule is C=CCC(OCc1ccccc1)C(C)(C)NC(=O)OC(C)(C)C. The molecule has 23 heavy (non-hydrogen) atoms. The largest absolute Gasteiger partial charge is 0.444 e. The highest BCUT2D eigenvalue weighted by Gasteiger charge is 2.32. The van der Waals surface area contributed by atoms with Gasteiger partial charge in [0.2, 0.25) is 0 Å². The van der Waals surface area contributed by atoms with Crippen molar-refractivity contribution in [3.8, 4) is 0 Å². The van der Waals surface area contributed by atoms with Gasteiger partial charge in [-0.15, -0.1) is 6.58 Å². The van der Waals surface area contributed by atoms with E-state index in [1.807, 2.05) is 65.0 Å². The van der Waals surface area contributed by atoms with E-state index in [1.165, 1.54) is 0 Å². The van der Waals surface area contributed by atoms with E-state index in [0.717, 1.165) is 5.56 Å². The van der Waals surface area contributed by atoms with Crippen molar-refractivity contribution >= 4 is 6.09 Å². The van der Waals surface area contributed by atoms with Crippen LogP contribution in [0.4, 0.5) is 4.79 Å². The minimum atomic E-state index is -0.578. The molecule has 1 aromatic carbocycles. The summed E-state index contributed by atoms with van der Waals surface area (Å²) >= 11 is 0. The highest BCUT2D eigenvalue weighted by atomic mass is 16.6. The first-order chi connectivity index (χ1) is 10.6. The number of hydrogen-bond donors (Lipinski definition) is 1. The van der Waals surface area contributed by atoms with Crippen LogP contribution in [0.3, 0.4) is 0 Å². The molecule has 1 rings (SSSR count). The summed E-state index contributed by atoms with van der Waals surface area (Å²) in [5.74, 6) is 0. The standard InChI is InChI=1S/C19H29NO3/c1-7-11-16(22-14-15-12-9-8-10-13-15)19(5,6)20-17(21)23-18(2,3)4/h7-10,12-13,16H,1,11,14H2,2-6H3,(H,20,21). The summed E-state index contributed by atoms with van der Waals surface area (Å²) in [6, 6.07) is 9.95. The maximum absolute atomic E-state index is 12.0. The van der Waals surface area contributed by atoms with Crippen molar-refractivity contribution in [3.05, 3.63) is 48.6 Å². The third-order valence-corrected chi connectivity index (χ3v) is 3.30. The van der Waals surface area contributed by atoms with Crippen LogP contribution in [0.15, 0.2) is 43.0 Å². The molecule has 0 aliphatic heterocycles. The number of benzene rings is 1. The molecule has 0 bridgehead atoms. The zero-order valence-electron chi connectivity index (χ0n) is 14.9. The lowest BCUT2D eigenvalue weighted by Gasteiger charge is -2.35. The minimum absolute atomic E-state index is 0.201. The molecule has 4 nitrogen and oxygen atoms in total. The third-order valence-electron chi connectivity index (χ3n) is 3.30. The Bertz CT molecular complexity index is 503. The average molecular weight is 319 g/mol. The topological polar surface area (TPSA) is 47.6 Å². The number of carbonyl (C=O) groups is 1. The summed E-state index contributed by atoms with van der Waals surface area (Å²) in [5, 5.41) is 2.90. The Balaban J connectivity index is 2.69. The lowest BCUT2D eigenvalue weighted by Crippen LogP contribution is -2.54. The zero-order valence-corrected chi connectivity index (χ0v) is 14.9. The molecule has 1 atom stereocenters. The van der Waals surface area contributed by atoms with E-state index in [4.69, 9.17) is 9.47 Å². The summed E-state index contributed by atoms with van der Waals surface area (Å²) in [7, 11) is 0. The molecule has 0 radical (unpaired) electrons. The van der Waals surface area contributed by atoms with Crippen LogP contribution in [0.5, 0.6) is 0 Å². The first-order valence-corrected chi connectivity index (χ1v) is 7.91. The van der Waals surface area contributed by atoms with Gasteiger partial charge in [0.05, 0.1) is 18.2 Å². The highest BCUT2D eigenvalue weighted by Crippen LogP contribution is 2.20. The van der Waals surface area contributed by atoms with Gasteiger partial charge in [-0.2, -0.15) is 0 Å². The fourth-order valence-electron chi connectivity index (χ4n) is 2.14. The van der Waals surface area contributed by atoms with E-state index in [2.05, 4.69) is 11.9 Å². The van der Waals surface area contributed by atoms with Gasteiger partial charge in [0.15, 0.2) is 0 Å². The first-order valence-electron chi connectivity index (χ1n) is 7.91. The van der Waals surface area contributed by atoms with E-state index in [0.29, 0.717) is 13.0 Å². The van der Waals surface area contributed by atoms with Gasteiger partial charge in [-0.1, -0.05) is 36.4 Å². The Morgan fingerprint density at radius 3 is 2.35 bits per heavy atom. The molecule has 1 N–H and O–H groups in total. The Hall–Kier alpha value is -1.81. The van der Waals surface area contributed by atoms with Gasteiger partial charge in [-0.05, 0) is 46.6 Å². The Labute approximate surface area is 139 Å². The second-order valence-electron chi connectivity index (χ2n) is 7.16. The number of alkyl carbamates (subject to hydrolysis) is 1. The highest BCUT2D eigenvalue weighted by molar-refractivity contribution is 5.68. The molecule has 0 heterocycles. The molecule has 0 saturated heterocycles. The van der Waals surface area contributed by atoms with E-state index in [1.54, 1.807) is 6.08 Å². The van der Waals surface area contributed by atoms with Gasteiger partial charge in [0, 0.05) is 0 Å². The molecule has 0 aromatic heterocycles. The van der Waals surface area contributed by atoms with Crippen molar-refractivity contribution in [2.45, 2.75) is 64.9 Å². The fraction of sp³-hybridized carbons (Fsp3) is 0.526. The van der Waals surface area contributed by atoms with Gasteiger partial charge in [-0.3, -0.25) is 0 Å². The summed E-state index contributed by atoms with van der Waals surface area (Å²) in [6.45, 7) is 13.6. The normalized spacial score (nSPS) is 13.3. The van der Waals surface area contributed by atoms with E-state index in [-0.39, 0.29) is 6.10 Å². The summed E-state index contributed by atoms with van der Waals surface area (Å²) in [6.07, 6.45) is 1.79. The summed E-state index contributed by atoms with van der Waals surface area (Å²) < 4.78 is 11.4. The van der Waals surface area contributed by atoms with Crippen LogP contribution in [-0.4, -0.2) is 23.3 Å². The molecule has 0 aliphatic rings. The van der Waals surface area contributed by atoms with Crippen LogP contribution >= 0.6 is 0 Å². The second kappa shape index (κ2) is 8.16. The molecule has 1 unspecified atom stereocenters. The van der Waals surface area contributed by atoms with Crippen molar-refractivity contribution < 1.29 is 14.3 Å². The Morgan fingerprint density at radius 2 is 1.83 bits per heavy atom. The van der Waals surface area contributed by atoms with Gasteiger partial charge in [0.1, 0.15) is 5.60 Å². The van der Waals surface area contributed by atoms with Crippen molar-refractivity contribution in [1.29, 1.82) is 0 Å². The lowest BCUT2D eigenvalue weighted by molar-refractivity contribution is -0.0181. The smallest absolute Gasteiger partial charge is 0.408 e. The molecule has 0 saturated carbocycles. The van der Waals surface area contributed by atoms with Crippen molar-refractivity contribution in [2.24, 2.45) is 0 Å². The minimum Gasteiger partial charge on any atom is -0.444 e. The van der Waals surface area contributed by atoms with Gasteiger partial charge in [0.25, 0.3) is 0 Å². The average Bonchev–Trinajstić information content (AvgIpc) is 2.41. The van der Waals surface area contributed by atoms with Crippen LogP contribution < -0.4 is 5.32 Å². The molecule has 0 fully saturated rings. The first kappa shape index (κ1) is 19.2. The summed E-state index contributed by atoms with van der Waals surface area (Å²) in [5.41, 5.74) is -0.0146. The predicted molar refractivity (Wildman–Crippen MR) is 93.3 cm³/mol. The number of rotatable bonds is 7. The number of nitrogens with one attached hydrogen (secondary N) is 1. The maximum atomic E-state index is 12.0. The molecule has 4 heteroatoms. The van der Waals surface area contributed by atoms with Crippen molar-refractivity contribution in [2.75, 3.05) is 0 Å². The predicted octanol–water partition coefficient (Wildman–Crippen LogP) is 4.45. The van der Waals surface area contributed by atoms with Crippen LogP contribution in [0, 0.1) is 0 Å². The number of amides is 1. The van der Waals surface area contributed by atoms with Gasteiger partial charge >= 0.3 is 6.09 Å². The van der Waals surface area contributed by atoms with Crippen LogP contribution in [0.1, 0.15) is 46.6 Å². The molecule has 1 aromatic rings. The molecule has 0 spiro atoms. The van der Waals surface area contributed by atoms with Crippen LogP contribution in [0.2, 0.25) is 0 Å². The van der Waals surface area contributed by atoms with Crippen LogP contribution in [-0.2, 0) is 16.1 Å². The summed E-state index contributed by atoms with van der Waals surface area (Å²) in [4.78, 5) is 12.0. The maximum Gasteiger partial charge on any atom is 0.408 e. The lowest BCUT2D eigenvalue weighted by atomic mass is 9.94. The number of hydrogen-bond acceptors (Lipinski definition) is 3. The molecule has 0 aliphatic carbocycles. The molecule has 128 valence electrons. The van der Waals surface area contributed by atoms with Crippen LogP contribution in [0.25, 0.3) is 0 Å². The number of carbonyl (C=O) groups excluding carboxylic acids is 1. The molecular formula is C19H29NO3. The van der Waals surface area contributed by atoms with Gasteiger partial charge in [-0.25, -0.2) is 4.79 Å². The van der Waals surface area contributed by atoms with E-state index in [9.17, 15) is 4.79 Å². The quantitative estimate of drug-likeness (QED) is 0.755. The second-order valence-corrected chi connectivity index (χ2v) is 7.16. The fourth-order valence-corrected chi connectivity index (χ4v) is 2.14. The third kappa shape index (κ3) is 7.33. The van der Waals surface area contributed by atoms with Crippen molar-refractivity contribution in [3.63, 3.8) is 0 Å². The molecular weight excluding hydrogens is 290 g/mol. The zero-order chi connectivity index (χ0) is 17.5.